The van der Waals surface area contributed by atoms with Gasteiger partial charge in [0.15, 0.2) is 0 Å². The maximum absolute atomic E-state index is 6.15. The molecular weight excluding hydrogens is 250 g/mol. The molecule has 0 radical (unpaired) electrons. The second kappa shape index (κ2) is 6.62. The van der Waals surface area contributed by atoms with Crippen molar-refractivity contribution in [1.82, 2.24) is 0 Å². The molecule has 1 atom stereocenters. The highest BCUT2D eigenvalue weighted by atomic mass is 35.5. The summed E-state index contributed by atoms with van der Waals surface area (Å²) in [4.78, 5) is 0. The van der Waals surface area contributed by atoms with Crippen molar-refractivity contribution in [3.8, 4) is 0 Å². The van der Waals surface area contributed by atoms with Crippen molar-refractivity contribution in [3.05, 3.63) is 33.8 Å². The molecule has 0 aliphatic heterocycles. The first kappa shape index (κ1) is 13.2. The van der Waals surface area contributed by atoms with Gasteiger partial charge in [-0.2, -0.15) is 0 Å². The summed E-state index contributed by atoms with van der Waals surface area (Å²) in [6.45, 7) is 2.14. The smallest absolute Gasteiger partial charge is 0.0439 e. The third kappa shape index (κ3) is 4.63. The Hall–Kier alpha value is 0.0900. The predicted molar refractivity (Wildman–Crippen MR) is 69.3 cm³/mol. The Morgan fingerprint density at radius 2 is 1.93 bits per heavy atom. The van der Waals surface area contributed by atoms with Crippen LogP contribution < -0.4 is 0 Å². The molecule has 0 aliphatic carbocycles. The van der Waals surface area contributed by atoms with E-state index in [-0.39, 0.29) is 5.38 Å². The average Bonchev–Trinajstić information content (AvgIpc) is 2.20. The fraction of sp³-hybridized carbons (Fsp3) is 0.500. The lowest BCUT2D eigenvalue weighted by atomic mass is 10.1. The molecule has 0 nitrogen and oxygen atoms in total. The molecule has 1 aromatic rings. The molecule has 0 bridgehead atoms. The first-order chi connectivity index (χ1) is 7.13. The Labute approximate surface area is 107 Å². The van der Waals surface area contributed by atoms with E-state index in [0.717, 1.165) is 41.3 Å². The topological polar surface area (TPSA) is 0 Å². The van der Waals surface area contributed by atoms with Crippen LogP contribution in [0.3, 0.4) is 0 Å². The normalized spacial score (nSPS) is 12.8. The summed E-state index contributed by atoms with van der Waals surface area (Å²) >= 11 is 18.1. The second-order valence-electron chi connectivity index (χ2n) is 3.66. The van der Waals surface area contributed by atoms with Crippen LogP contribution in [0.15, 0.2) is 18.2 Å². The molecule has 0 amide bonds. The van der Waals surface area contributed by atoms with Crippen molar-refractivity contribution in [2.24, 2.45) is 0 Å². The predicted octanol–water partition coefficient (Wildman–Crippen LogP) is 5.33. The minimum absolute atomic E-state index is 0.241. The van der Waals surface area contributed by atoms with Gasteiger partial charge in [-0.05, 0) is 43.0 Å². The van der Waals surface area contributed by atoms with Gasteiger partial charge in [0.05, 0.1) is 0 Å². The molecule has 0 aromatic heterocycles. The van der Waals surface area contributed by atoms with E-state index < -0.39 is 0 Å². The number of benzene rings is 1. The van der Waals surface area contributed by atoms with Gasteiger partial charge in [-0.15, -0.1) is 11.6 Å². The lowest BCUT2D eigenvalue weighted by Crippen LogP contribution is -2.00. The number of halogens is 3. The van der Waals surface area contributed by atoms with E-state index in [4.69, 9.17) is 34.8 Å². The number of alkyl halides is 1. The summed E-state index contributed by atoms with van der Waals surface area (Å²) in [5, 5.41) is 1.75. The maximum atomic E-state index is 6.15. The lowest BCUT2D eigenvalue weighted by molar-refractivity contribution is 0.676. The number of hydrogen-bond acceptors (Lipinski definition) is 0. The Balaban J connectivity index is 2.53. The van der Waals surface area contributed by atoms with Crippen molar-refractivity contribution in [3.63, 3.8) is 0 Å². The molecule has 0 spiro atoms. The second-order valence-corrected chi connectivity index (χ2v) is 5.12. The van der Waals surface area contributed by atoms with Gasteiger partial charge in [-0.1, -0.05) is 36.5 Å². The highest BCUT2D eigenvalue weighted by molar-refractivity contribution is 6.33. The number of aryl methyl sites for hydroxylation is 1. The van der Waals surface area contributed by atoms with E-state index in [1.54, 1.807) is 6.07 Å². The van der Waals surface area contributed by atoms with Crippen LogP contribution in [0.25, 0.3) is 0 Å². The molecule has 1 unspecified atom stereocenters. The van der Waals surface area contributed by atoms with Crippen molar-refractivity contribution in [2.45, 2.75) is 38.0 Å². The summed E-state index contributed by atoms with van der Waals surface area (Å²) < 4.78 is 0. The van der Waals surface area contributed by atoms with Crippen molar-refractivity contribution < 1.29 is 0 Å². The summed E-state index contributed by atoms with van der Waals surface area (Å²) in [6.07, 6.45) is 4.03. The molecule has 0 heterocycles. The van der Waals surface area contributed by atoms with E-state index in [9.17, 15) is 0 Å². The third-order valence-electron chi connectivity index (χ3n) is 2.34. The Bertz CT molecular complexity index is 310. The summed E-state index contributed by atoms with van der Waals surface area (Å²) in [5.41, 5.74) is 1.09. The van der Waals surface area contributed by atoms with E-state index in [2.05, 4.69) is 6.92 Å². The minimum Gasteiger partial charge on any atom is -0.123 e. The van der Waals surface area contributed by atoms with Crippen molar-refractivity contribution in [2.75, 3.05) is 0 Å². The average molecular weight is 266 g/mol. The van der Waals surface area contributed by atoms with Gasteiger partial charge in [-0.25, -0.2) is 0 Å². The molecule has 1 aromatic carbocycles. The van der Waals surface area contributed by atoms with Gasteiger partial charge in [-0.3, -0.25) is 0 Å². The molecule has 0 aliphatic rings. The third-order valence-corrected chi connectivity index (χ3v) is 3.38. The van der Waals surface area contributed by atoms with Gasteiger partial charge in [0.1, 0.15) is 0 Å². The number of rotatable bonds is 5. The van der Waals surface area contributed by atoms with Crippen LogP contribution >= 0.6 is 34.8 Å². The van der Waals surface area contributed by atoms with Crippen LogP contribution in [0.4, 0.5) is 0 Å². The van der Waals surface area contributed by atoms with Crippen LogP contribution in [0.2, 0.25) is 10.0 Å². The minimum atomic E-state index is 0.241. The zero-order valence-electron chi connectivity index (χ0n) is 8.77. The van der Waals surface area contributed by atoms with Gasteiger partial charge < -0.3 is 0 Å². The highest BCUT2D eigenvalue weighted by Gasteiger charge is 2.06. The quantitative estimate of drug-likeness (QED) is 0.631. The summed E-state index contributed by atoms with van der Waals surface area (Å²) in [7, 11) is 0. The van der Waals surface area contributed by atoms with Crippen molar-refractivity contribution >= 4 is 34.8 Å². The molecule has 15 heavy (non-hydrogen) atoms. The van der Waals surface area contributed by atoms with Crippen LogP contribution in [0.5, 0.6) is 0 Å². The zero-order valence-corrected chi connectivity index (χ0v) is 11.0. The van der Waals surface area contributed by atoms with E-state index in [1.807, 2.05) is 12.1 Å². The molecule has 0 N–H and O–H groups in total. The van der Waals surface area contributed by atoms with Crippen LogP contribution in [-0.4, -0.2) is 5.38 Å². The first-order valence-electron chi connectivity index (χ1n) is 5.21. The Morgan fingerprint density at radius 3 is 2.60 bits per heavy atom. The van der Waals surface area contributed by atoms with Crippen molar-refractivity contribution in [1.29, 1.82) is 0 Å². The largest absolute Gasteiger partial charge is 0.123 e. The summed E-state index contributed by atoms with van der Waals surface area (Å²) in [5.74, 6) is 0. The Kier molecular flexibility index (Phi) is 5.81. The van der Waals surface area contributed by atoms with Crippen LogP contribution in [0, 0.1) is 0 Å². The van der Waals surface area contributed by atoms with E-state index in [0.29, 0.717) is 0 Å². The molecule has 0 saturated carbocycles. The number of hydrogen-bond donors (Lipinski definition) is 0. The highest BCUT2D eigenvalue weighted by Crippen LogP contribution is 2.23. The lowest BCUT2D eigenvalue weighted by Gasteiger charge is -2.09. The first-order valence-corrected chi connectivity index (χ1v) is 6.40. The molecule has 3 heteroatoms. The monoisotopic (exact) mass is 264 g/mol. The standard InChI is InChI=1S/C12H15Cl3/c1-2-3-10(13)5-4-9-8-11(14)6-7-12(9)15/h6-8,10H,2-5H2,1H3. The maximum Gasteiger partial charge on any atom is 0.0439 e. The zero-order chi connectivity index (χ0) is 11.3. The van der Waals surface area contributed by atoms with Gasteiger partial charge >= 0.3 is 0 Å². The SMILES string of the molecule is CCCC(Cl)CCc1cc(Cl)ccc1Cl. The molecule has 0 saturated heterocycles. The van der Waals surface area contributed by atoms with Gasteiger partial charge in [0.2, 0.25) is 0 Å². The van der Waals surface area contributed by atoms with Gasteiger partial charge in [0, 0.05) is 15.4 Å². The van der Waals surface area contributed by atoms with E-state index in [1.165, 1.54) is 0 Å². The Morgan fingerprint density at radius 1 is 1.20 bits per heavy atom. The van der Waals surface area contributed by atoms with Crippen LogP contribution in [0.1, 0.15) is 31.7 Å². The van der Waals surface area contributed by atoms with E-state index >= 15 is 0 Å². The molecule has 84 valence electrons. The molecular formula is C12H15Cl3. The van der Waals surface area contributed by atoms with Gasteiger partial charge in [0.25, 0.3) is 0 Å². The molecule has 1 rings (SSSR count). The fourth-order valence-electron chi connectivity index (χ4n) is 1.50. The summed E-state index contributed by atoms with van der Waals surface area (Å²) in [6, 6.07) is 5.55. The molecule has 0 fully saturated rings. The fourth-order valence-corrected chi connectivity index (χ4v) is 2.24. The van der Waals surface area contributed by atoms with Crippen LogP contribution in [-0.2, 0) is 6.42 Å².